The molecule has 0 rings (SSSR count). The molecule has 0 aliphatic rings. The molecule has 2 atom stereocenters. The first kappa shape index (κ1) is 58.5. The molecule has 0 saturated carbocycles. The van der Waals surface area contributed by atoms with Crippen LogP contribution < -0.4 is 5.32 Å². The molecule has 10 heteroatoms. The lowest BCUT2D eigenvalue weighted by Gasteiger charge is -2.15. The average Bonchev–Trinajstić information content (AvgIpc) is 3.25. The summed E-state index contributed by atoms with van der Waals surface area (Å²) in [6, 6.07) is 0. The van der Waals surface area contributed by atoms with Gasteiger partial charge in [-0.2, -0.15) is 0 Å². The highest BCUT2D eigenvalue weighted by Gasteiger charge is 2.23. The van der Waals surface area contributed by atoms with Crippen LogP contribution in [0.15, 0.2) is 72.9 Å². The van der Waals surface area contributed by atoms with E-state index in [9.17, 15) is 24.2 Å². The summed E-state index contributed by atoms with van der Waals surface area (Å²) in [5.74, 6) is -0.541. The molecule has 0 aliphatic heterocycles. The van der Waals surface area contributed by atoms with Crippen LogP contribution >= 0.6 is 7.82 Å². The summed E-state index contributed by atoms with van der Waals surface area (Å²) < 4.78 is 26.9. The van der Waals surface area contributed by atoms with Gasteiger partial charge in [-0.3, -0.25) is 18.6 Å². The number of unbranched alkanes of at least 4 members (excludes halogenated alkanes) is 20. The summed E-state index contributed by atoms with van der Waals surface area (Å²) in [4.78, 5) is 34.0. The van der Waals surface area contributed by atoms with Crippen molar-refractivity contribution in [3.63, 3.8) is 0 Å². The fourth-order valence-electron chi connectivity index (χ4n) is 6.39. The maximum absolute atomic E-state index is 12.1. The minimum atomic E-state index is -4.43. The Morgan fingerprint density at radius 3 is 1.33 bits per heavy atom. The lowest BCUT2D eigenvalue weighted by Crippen LogP contribution is -2.27. The zero-order valence-electron chi connectivity index (χ0n) is 38.8. The molecule has 0 aromatic carbocycles. The summed E-state index contributed by atoms with van der Waals surface area (Å²) in [7, 11) is -4.43. The van der Waals surface area contributed by atoms with E-state index in [1.165, 1.54) is 96.3 Å². The number of carbonyl (C=O) groups is 2. The number of allylic oxidation sites excluding steroid dienone is 12. The number of aliphatic hydroxyl groups is 1. The number of hydrogen-bond donors (Lipinski definition) is 3. The monoisotopic (exact) mass is 876 g/mol. The van der Waals surface area contributed by atoms with Crippen LogP contribution in [0.1, 0.15) is 206 Å². The molecule has 1 amide bonds. The number of nitrogens with one attached hydrogen (secondary N) is 1. The Labute approximate surface area is 373 Å². The summed E-state index contributed by atoms with van der Waals surface area (Å²) >= 11 is 0. The Morgan fingerprint density at radius 1 is 0.508 bits per heavy atom. The zero-order chi connectivity index (χ0) is 44.6. The predicted molar refractivity (Wildman–Crippen MR) is 256 cm³/mol. The first-order valence-electron chi connectivity index (χ1n) is 24.4. The average molecular weight is 876 g/mol. The lowest BCUT2D eigenvalue weighted by atomic mass is 10.1. The number of hydrogen-bond acceptors (Lipinski definition) is 7. The first-order valence-corrected chi connectivity index (χ1v) is 25.9. The van der Waals surface area contributed by atoms with Crippen molar-refractivity contribution in [1.29, 1.82) is 0 Å². The van der Waals surface area contributed by atoms with Gasteiger partial charge in [-0.25, -0.2) is 4.57 Å². The molecule has 61 heavy (non-hydrogen) atoms. The normalized spacial score (nSPS) is 13.8. The van der Waals surface area contributed by atoms with Gasteiger partial charge in [0.25, 0.3) is 0 Å². The van der Waals surface area contributed by atoms with Gasteiger partial charge in [0, 0.05) is 19.4 Å². The highest BCUT2D eigenvalue weighted by molar-refractivity contribution is 7.47. The van der Waals surface area contributed by atoms with Crippen LogP contribution in [0.4, 0.5) is 0 Å². The van der Waals surface area contributed by atoms with Gasteiger partial charge in [0.05, 0.1) is 13.2 Å². The van der Waals surface area contributed by atoms with Crippen molar-refractivity contribution in [3.8, 4) is 0 Å². The number of phosphoric acid groups is 1. The van der Waals surface area contributed by atoms with Gasteiger partial charge in [-0.15, -0.1) is 0 Å². The Balaban J connectivity index is 3.63. The molecular weight excluding hydrogens is 786 g/mol. The van der Waals surface area contributed by atoms with Crippen molar-refractivity contribution in [1.82, 2.24) is 5.32 Å². The molecule has 0 aromatic heterocycles. The summed E-state index contributed by atoms with van der Waals surface area (Å²) in [6.45, 7) is 3.48. The van der Waals surface area contributed by atoms with E-state index in [0.717, 1.165) is 83.5 Å². The van der Waals surface area contributed by atoms with E-state index in [4.69, 9.17) is 13.8 Å². The number of rotatable bonds is 45. The predicted octanol–water partition coefficient (Wildman–Crippen LogP) is 14.2. The maximum Gasteiger partial charge on any atom is 0.472 e. The second kappa shape index (κ2) is 46.9. The third-order valence-electron chi connectivity index (χ3n) is 10.1. The SMILES string of the molecule is CCCCC/C=C\C/C=C\C/C=C\C/C=C\CCCCCCCC(=O)NCCOP(=O)(O)OCC(O)COC(=O)CCCCCCCCCCC/C=C\C/C=C\CCCCC. The molecule has 0 spiro atoms. The van der Waals surface area contributed by atoms with E-state index < -0.39 is 26.5 Å². The first-order chi connectivity index (χ1) is 29.8. The molecule has 352 valence electrons. The van der Waals surface area contributed by atoms with Crippen LogP contribution in [-0.4, -0.2) is 54.3 Å². The highest BCUT2D eigenvalue weighted by atomic mass is 31.2. The van der Waals surface area contributed by atoms with Gasteiger partial charge in [0.15, 0.2) is 0 Å². The van der Waals surface area contributed by atoms with E-state index in [2.05, 4.69) is 92.1 Å². The van der Waals surface area contributed by atoms with Gasteiger partial charge in [-0.05, 0) is 89.9 Å². The van der Waals surface area contributed by atoms with E-state index in [1.807, 2.05) is 0 Å². The molecule has 0 fully saturated rings. The number of esters is 1. The van der Waals surface area contributed by atoms with E-state index >= 15 is 0 Å². The van der Waals surface area contributed by atoms with Crippen molar-refractivity contribution in [2.24, 2.45) is 0 Å². The Morgan fingerprint density at radius 2 is 0.885 bits per heavy atom. The van der Waals surface area contributed by atoms with Crippen LogP contribution in [0.3, 0.4) is 0 Å². The van der Waals surface area contributed by atoms with Gasteiger partial charge in [0.1, 0.15) is 12.7 Å². The third kappa shape index (κ3) is 48.3. The summed E-state index contributed by atoms with van der Waals surface area (Å²) in [5, 5.41) is 12.7. The number of amides is 1. The molecular formula is C51H90NO8P. The number of aliphatic hydroxyl groups excluding tert-OH is 1. The van der Waals surface area contributed by atoms with Crippen LogP contribution in [0.5, 0.6) is 0 Å². The van der Waals surface area contributed by atoms with Gasteiger partial charge >= 0.3 is 13.8 Å². The minimum absolute atomic E-state index is 0.0674. The van der Waals surface area contributed by atoms with E-state index in [0.29, 0.717) is 6.42 Å². The number of carbonyl (C=O) groups excluding carboxylic acids is 2. The molecule has 3 N–H and O–H groups in total. The maximum atomic E-state index is 12.1. The Kier molecular flexibility index (Phi) is 45.0. The Hall–Kier alpha value is -2.55. The van der Waals surface area contributed by atoms with Gasteiger partial charge in [-0.1, -0.05) is 177 Å². The van der Waals surface area contributed by atoms with Crippen LogP contribution in [0.25, 0.3) is 0 Å². The smallest absolute Gasteiger partial charge is 0.463 e. The second-order valence-electron chi connectivity index (χ2n) is 16.1. The largest absolute Gasteiger partial charge is 0.472 e. The molecule has 0 aliphatic carbocycles. The standard InChI is InChI=1S/C51H90NO8P/c1-3-5-7-9-11-13-15-17-19-21-23-24-26-27-29-31-33-35-37-39-41-43-50(54)52-45-46-59-61(56,57)60-48-49(53)47-58-51(55)44-42-40-38-36-34-32-30-28-25-22-20-18-16-14-12-10-8-6-4-2/h11-14,17-20,23-24,27,29,49,53H,3-10,15-16,21-22,25-26,28,30-48H2,1-2H3,(H,52,54)(H,56,57)/b13-11-,14-12-,19-17-,20-18-,24-23-,29-27-. The summed E-state index contributed by atoms with van der Waals surface area (Å²) in [6.07, 6.45) is 58.3. The van der Waals surface area contributed by atoms with Gasteiger partial charge < -0.3 is 20.1 Å². The quantitative estimate of drug-likeness (QED) is 0.0239. The van der Waals surface area contributed by atoms with Crippen LogP contribution in [0, 0.1) is 0 Å². The molecule has 0 bridgehead atoms. The Bertz CT molecular complexity index is 1230. The molecule has 0 radical (unpaired) electrons. The van der Waals surface area contributed by atoms with E-state index in [-0.39, 0.29) is 32.1 Å². The van der Waals surface area contributed by atoms with Crippen molar-refractivity contribution >= 4 is 19.7 Å². The number of ether oxygens (including phenoxy) is 1. The topological polar surface area (TPSA) is 131 Å². The molecule has 0 aromatic rings. The third-order valence-corrected chi connectivity index (χ3v) is 11.1. The fourth-order valence-corrected chi connectivity index (χ4v) is 7.15. The van der Waals surface area contributed by atoms with Crippen LogP contribution in [-0.2, 0) is 27.9 Å². The van der Waals surface area contributed by atoms with Crippen molar-refractivity contribution in [3.05, 3.63) is 72.9 Å². The van der Waals surface area contributed by atoms with Crippen molar-refractivity contribution < 1.29 is 37.9 Å². The minimum Gasteiger partial charge on any atom is -0.463 e. The highest BCUT2D eigenvalue weighted by Crippen LogP contribution is 2.42. The van der Waals surface area contributed by atoms with Crippen molar-refractivity contribution in [2.75, 3.05) is 26.4 Å². The van der Waals surface area contributed by atoms with Crippen LogP contribution in [0.2, 0.25) is 0 Å². The molecule has 0 heterocycles. The fraction of sp³-hybridized carbons (Fsp3) is 0.725. The second-order valence-corrected chi connectivity index (χ2v) is 17.5. The summed E-state index contributed by atoms with van der Waals surface area (Å²) in [5.41, 5.74) is 0. The molecule has 9 nitrogen and oxygen atoms in total. The lowest BCUT2D eigenvalue weighted by molar-refractivity contribution is -0.147. The number of phosphoric ester groups is 1. The molecule has 0 saturated heterocycles. The zero-order valence-corrected chi connectivity index (χ0v) is 39.7. The van der Waals surface area contributed by atoms with E-state index in [1.54, 1.807) is 0 Å². The molecule has 2 unspecified atom stereocenters. The van der Waals surface area contributed by atoms with Crippen molar-refractivity contribution in [2.45, 2.75) is 213 Å². The van der Waals surface area contributed by atoms with Gasteiger partial charge in [0.2, 0.25) is 5.91 Å².